The Balaban J connectivity index is 2.31. The molecule has 0 saturated heterocycles. The van der Waals surface area contributed by atoms with Crippen LogP contribution in [-0.4, -0.2) is 26.0 Å². The summed E-state index contributed by atoms with van der Waals surface area (Å²) in [4.78, 5) is 0. The third-order valence-corrected chi connectivity index (χ3v) is 13.8. The fourth-order valence-electron chi connectivity index (χ4n) is 4.00. The van der Waals surface area contributed by atoms with Crippen LogP contribution in [0.15, 0.2) is 24.3 Å². The summed E-state index contributed by atoms with van der Waals surface area (Å²) in [5.41, 5.74) is 4.20. The molecular weight excluding hydrogens is 300 g/mol. The van der Waals surface area contributed by atoms with E-state index in [2.05, 4.69) is 87.4 Å². The smallest absolute Gasteiger partial charge is 0.0599 e. The predicted octanol–water partition coefficient (Wildman–Crippen LogP) is 4.70. The van der Waals surface area contributed by atoms with E-state index >= 15 is 0 Å². The highest BCUT2D eigenvalue weighted by Crippen LogP contribution is 2.25. The second-order valence-electron chi connectivity index (χ2n) is 8.69. The summed E-state index contributed by atoms with van der Waals surface area (Å²) >= 11 is 0. The lowest BCUT2D eigenvalue weighted by molar-refractivity contribution is 0.677. The van der Waals surface area contributed by atoms with Crippen molar-refractivity contribution in [3.8, 4) is 0 Å². The highest BCUT2D eigenvalue weighted by atomic mass is 28.4. The van der Waals surface area contributed by atoms with Crippen molar-refractivity contribution < 1.29 is 0 Å². The molecule has 2 rings (SSSR count). The van der Waals surface area contributed by atoms with Crippen LogP contribution in [0.25, 0.3) is 10.9 Å². The molecule has 0 spiro atoms. The first-order valence-corrected chi connectivity index (χ1v) is 15.4. The maximum absolute atomic E-state index is 3.96. The van der Waals surface area contributed by atoms with E-state index in [1.165, 1.54) is 22.2 Å². The van der Waals surface area contributed by atoms with Gasteiger partial charge in [-0.05, 0) is 23.8 Å². The van der Waals surface area contributed by atoms with Crippen molar-refractivity contribution >= 4 is 27.1 Å². The minimum Gasteiger partial charge on any atom is -0.346 e. The molecule has 0 atom stereocenters. The monoisotopic (exact) mass is 332 g/mol. The maximum Gasteiger partial charge on any atom is 0.0599 e. The lowest BCUT2D eigenvalue weighted by atomic mass is 10.1. The molecule has 0 saturated carbocycles. The van der Waals surface area contributed by atoms with Crippen molar-refractivity contribution in [1.82, 2.24) is 9.88 Å². The van der Waals surface area contributed by atoms with Gasteiger partial charge < -0.3 is 9.88 Å². The summed E-state index contributed by atoms with van der Waals surface area (Å²) in [6, 6.07) is 8.73. The molecule has 122 valence electrons. The molecule has 4 heteroatoms. The van der Waals surface area contributed by atoms with Gasteiger partial charge in [0.15, 0.2) is 0 Å². The summed E-state index contributed by atoms with van der Waals surface area (Å²) < 4.78 is 2.36. The van der Waals surface area contributed by atoms with Crippen LogP contribution < -0.4 is 5.32 Å². The number of nitrogens with one attached hydrogen (secondary N) is 1. The van der Waals surface area contributed by atoms with Crippen LogP contribution in [0.3, 0.4) is 0 Å². The maximum atomic E-state index is 3.96. The molecule has 0 aliphatic carbocycles. The van der Waals surface area contributed by atoms with Crippen molar-refractivity contribution in [3.05, 3.63) is 35.5 Å². The molecule has 2 nitrogen and oxygen atoms in total. The van der Waals surface area contributed by atoms with Gasteiger partial charge in [-0.3, -0.25) is 0 Å². The second kappa shape index (κ2) is 5.98. The third kappa shape index (κ3) is 3.39. The zero-order chi connectivity index (χ0) is 16.7. The molecule has 1 aromatic heterocycles. The zero-order valence-corrected chi connectivity index (χ0v) is 17.5. The number of benzene rings is 1. The van der Waals surface area contributed by atoms with E-state index in [0.29, 0.717) is 0 Å². The molecule has 2 aromatic rings. The van der Waals surface area contributed by atoms with Gasteiger partial charge in [-0.25, -0.2) is 0 Å². The van der Waals surface area contributed by atoms with E-state index in [1.807, 2.05) is 0 Å². The van der Waals surface area contributed by atoms with E-state index in [-0.39, 0.29) is 0 Å². The van der Waals surface area contributed by atoms with E-state index < -0.39 is 16.1 Å². The number of para-hydroxylation sites is 1. The normalized spacial score (nSPS) is 13.3. The summed E-state index contributed by atoms with van der Waals surface area (Å²) in [6.45, 7) is 18.2. The van der Waals surface area contributed by atoms with Gasteiger partial charge in [-0.2, -0.15) is 0 Å². The molecule has 1 heterocycles. The number of aromatic nitrogens is 1. The number of aryl methyl sites for hydroxylation is 2. The fraction of sp³-hybridized carbons (Fsp3) is 0.556. The van der Waals surface area contributed by atoms with Crippen LogP contribution >= 0.6 is 0 Å². The van der Waals surface area contributed by atoms with E-state index in [1.54, 1.807) is 0 Å². The number of hydrogen-bond acceptors (Lipinski definition) is 1. The van der Waals surface area contributed by atoms with Gasteiger partial charge in [-0.15, -0.1) is 0 Å². The van der Waals surface area contributed by atoms with Crippen molar-refractivity contribution in [2.24, 2.45) is 7.05 Å². The Kier molecular flexibility index (Phi) is 4.76. The Morgan fingerprint density at radius 2 is 1.55 bits per heavy atom. The van der Waals surface area contributed by atoms with Crippen molar-refractivity contribution in [1.29, 1.82) is 0 Å². The fourth-order valence-corrected chi connectivity index (χ4v) is 15.8. The topological polar surface area (TPSA) is 17.0 Å². The standard InChI is InChI=1S/C18H32N2Si2/c1-14-15-11-9-10-12-16(15)20(2)17(14)13-19-18(21(3,4)5)22(6,7)8/h9-12,18-19H,13H2,1-8H3. The molecule has 1 aromatic carbocycles. The number of nitrogens with zero attached hydrogens (tertiary/aromatic N) is 1. The zero-order valence-electron chi connectivity index (χ0n) is 15.5. The van der Waals surface area contributed by atoms with Crippen LogP contribution in [-0.2, 0) is 13.6 Å². The Labute approximate surface area is 137 Å². The van der Waals surface area contributed by atoms with Crippen LogP contribution in [0.4, 0.5) is 0 Å². The van der Waals surface area contributed by atoms with E-state index in [9.17, 15) is 0 Å². The lowest BCUT2D eigenvalue weighted by Crippen LogP contribution is -2.61. The van der Waals surface area contributed by atoms with Crippen molar-refractivity contribution in [3.63, 3.8) is 0 Å². The number of fused-ring (bicyclic) bond motifs is 1. The first-order chi connectivity index (χ1) is 10.0. The molecular formula is C18H32N2Si2. The van der Waals surface area contributed by atoms with Crippen LogP contribution in [0.5, 0.6) is 0 Å². The van der Waals surface area contributed by atoms with Crippen LogP contribution in [0.2, 0.25) is 39.3 Å². The first-order valence-electron chi connectivity index (χ1n) is 8.29. The largest absolute Gasteiger partial charge is 0.346 e. The molecule has 1 N–H and O–H groups in total. The van der Waals surface area contributed by atoms with Gasteiger partial charge in [0.1, 0.15) is 0 Å². The Bertz CT molecular complexity index is 607. The average molecular weight is 333 g/mol. The van der Waals surface area contributed by atoms with Gasteiger partial charge in [0.25, 0.3) is 0 Å². The summed E-state index contributed by atoms with van der Waals surface area (Å²) in [5, 5.41) is 6.08. The quantitative estimate of drug-likeness (QED) is 0.785. The number of rotatable bonds is 5. The van der Waals surface area contributed by atoms with Gasteiger partial charge in [0, 0.05) is 30.2 Å². The van der Waals surface area contributed by atoms with Crippen molar-refractivity contribution in [2.75, 3.05) is 0 Å². The van der Waals surface area contributed by atoms with Gasteiger partial charge >= 0.3 is 0 Å². The molecule has 0 bridgehead atoms. The highest BCUT2D eigenvalue weighted by molar-refractivity contribution is 6.96. The molecule has 0 unspecified atom stereocenters. The van der Waals surface area contributed by atoms with Gasteiger partial charge in [0.05, 0.1) is 16.1 Å². The molecule has 0 fully saturated rings. The van der Waals surface area contributed by atoms with Crippen LogP contribution in [0, 0.1) is 6.92 Å². The average Bonchev–Trinajstić information content (AvgIpc) is 2.61. The Hall–Kier alpha value is -0.846. The van der Waals surface area contributed by atoms with Crippen LogP contribution in [0.1, 0.15) is 11.3 Å². The molecule has 0 radical (unpaired) electrons. The van der Waals surface area contributed by atoms with Crippen molar-refractivity contribution in [2.45, 2.75) is 58.0 Å². The lowest BCUT2D eigenvalue weighted by Gasteiger charge is -2.39. The Morgan fingerprint density at radius 1 is 1.00 bits per heavy atom. The molecule has 0 aliphatic heterocycles. The predicted molar refractivity (Wildman–Crippen MR) is 105 cm³/mol. The summed E-state index contributed by atoms with van der Waals surface area (Å²) in [7, 11) is -0.218. The summed E-state index contributed by atoms with van der Waals surface area (Å²) in [6.07, 6.45) is 0. The van der Waals surface area contributed by atoms with E-state index in [4.69, 9.17) is 0 Å². The van der Waals surface area contributed by atoms with E-state index in [0.717, 1.165) is 11.8 Å². The minimum atomic E-state index is -1.21. The Morgan fingerprint density at radius 3 is 2.05 bits per heavy atom. The van der Waals surface area contributed by atoms with Gasteiger partial charge in [0.2, 0.25) is 0 Å². The van der Waals surface area contributed by atoms with Gasteiger partial charge in [-0.1, -0.05) is 57.5 Å². The SMILES string of the molecule is Cc1c(CNC([Si](C)(C)C)[Si](C)(C)C)n(C)c2ccccc12. The molecule has 22 heavy (non-hydrogen) atoms. The first kappa shape index (κ1) is 17.5. The minimum absolute atomic E-state index is 0.734. The number of hydrogen-bond donors (Lipinski definition) is 1. The second-order valence-corrected chi connectivity index (χ2v) is 19.9. The third-order valence-electron chi connectivity index (χ3n) is 4.71. The highest BCUT2D eigenvalue weighted by Gasteiger charge is 2.37. The molecule has 0 amide bonds. The molecule has 0 aliphatic rings. The summed E-state index contributed by atoms with van der Waals surface area (Å²) in [5.74, 6) is 0.